The molecule has 0 heterocycles. The average Bonchev–Trinajstić information content (AvgIpc) is 2.54. The molecule has 24 heavy (non-hydrogen) atoms. The molecule has 0 radical (unpaired) electrons. The van der Waals surface area contributed by atoms with Crippen molar-refractivity contribution in [2.45, 2.75) is 40.0 Å². The number of benzene rings is 2. The summed E-state index contributed by atoms with van der Waals surface area (Å²) in [4.78, 5) is 12.0. The van der Waals surface area contributed by atoms with Crippen molar-refractivity contribution in [1.82, 2.24) is 0 Å². The van der Waals surface area contributed by atoms with Gasteiger partial charge in [0.05, 0.1) is 6.42 Å². The van der Waals surface area contributed by atoms with Gasteiger partial charge in [0, 0.05) is 0 Å². The summed E-state index contributed by atoms with van der Waals surface area (Å²) in [6, 6.07) is 14.2. The van der Waals surface area contributed by atoms with E-state index in [0.717, 1.165) is 23.8 Å². The normalized spacial score (nSPS) is 11.4. The van der Waals surface area contributed by atoms with E-state index in [9.17, 15) is 4.79 Å². The van der Waals surface area contributed by atoms with Crippen molar-refractivity contribution in [3.05, 3.63) is 71.3 Å². The van der Waals surface area contributed by atoms with Gasteiger partial charge in [-0.3, -0.25) is 4.79 Å². The standard InChI is InChI=1S/C22H26O2/c1-17(2)7-6-8-18(3)13-14-24-22(23)16-19-11-12-20-9-4-5-10-21(20)15-19/h4-5,7,9-13,15H,6,8,14,16H2,1-3H3/b18-13-. The van der Waals surface area contributed by atoms with Crippen LogP contribution in [0.2, 0.25) is 0 Å². The highest BCUT2D eigenvalue weighted by Crippen LogP contribution is 2.16. The number of carbonyl (C=O) groups is 1. The molecule has 0 atom stereocenters. The molecule has 126 valence electrons. The molecule has 0 saturated carbocycles. The molecule has 0 aromatic heterocycles. The van der Waals surface area contributed by atoms with E-state index < -0.39 is 0 Å². The lowest BCUT2D eigenvalue weighted by molar-refractivity contribution is -0.141. The van der Waals surface area contributed by atoms with E-state index in [1.165, 1.54) is 16.5 Å². The van der Waals surface area contributed by atoms with Crippen molar-refractivity contribution in [1.29, 1.82) is 0 Å². The van der Waals surface area contributed by atoms with E-state index in [1.807, 2.05) is 30.3 Å². The number of fused-ring (bicyclic) bond motifs is 1. The fraction of sp³-hybridized carbons (Fsp3) is 0.318. The smallest absolute Gasteiger partial charge is 0.310 e. The summed E-state index contributed by atoms with van der Waals surface area (Å²) in [7, 11) is 0. The zero-order valence-electron chi connectivity index (χ0n) is 14.8. The van der Waals surface area contributed by atoms with Crippen LogP contribution >= 0.6 is 0 Å². The summed E-state index contributed by atoms with van der Waals surface area (Å²) in [6.45, 7) is 6.64. The van der Waals surface area contributed by atoms with Gasteiger partial charge in [-0.15, -0.1) is 0 Å². The van der Waals surface area contributed by atoms with Crippen LogP contribution in [0.1, 0.15) is 39.2 Å². The Balaban J connectivity index is 1.81. The van der Waals surface area contributed by atoms with Crippen molar-refractivity contribution in [2.24, 2.45) is 0 Å². The number of esters is 1. The third-order valence-corrected chi connectivity index (χ3v) is 3.93. The van der Waals surface area contributed by atoms with Gasteiger partial charge in [-0.1, -0.05) is 59.7 Å². The Bertz CT molecular complexity index is 749. The van der Waals surface area contributed by atoms with Crippen LogP contribution in [0.3, 0.4) is 0 Å². The van der Waals surface area contributed by atoms with Crippen LogP contribution in [0.5, 0.6) is 0 Å². The van der Waals surface area contributed by atoms with Gasteiger partial charge < -0.3 is 4.74 Å². The number of allylic oxidation sites excluding steroid dienone is 3. The van der Waals surface area contributed by atoms with E-state index in [0.29, 0.717) is 13.0 Å². The molecule has 2 heteroatoms. The van der Waals surface area contributed by atoms with Crippen LogP contribution in [0.4, 0.5) is 0 Å². The van der Waals surface area contributed by atoms with Crippen LogP contribution in [-0.4, -0.2) is 12.6 Å². The molecule has 2 aromatic carbocycles. The van der Waals surface area contributed by atoms with Crippen LogP contribution < -0.4 is 0 Å². The van der Waals surface area contributed by atoms with Gasteiger partial charge in [-0.2, -0.15) is 0 Å². The largest absolute Gasteiger partial charge is 0.461 e. The number of carbonyl (C=O) groups excluding carboxylic acids is 1. The SMILES string of the molecule is CC(C)=CCC/C(C)=C\COC(=O)Cc1ccc2ccccc2c1. The zero-order valence-corrected chi connectivity index (χ0v) is 14.8. The van der Waals surface area contributed by atoms with Crippen molar-refractivity contribution >= 4 is 16.7 Å². The first kappa shape index (κ1) is 18.0. The molecule has 0 spiro atoms. The highest BCUT2D eigenvalue weighted by molar-refractivity contribution is 5.84. The predicted octanol–water partition coefficient (Wildman–Crippen LogP) is 5.62. The van der Waals surface area contributed by atoms with E-state index in [2.05, 4.69) is 45.0 Å². The first-order valence-corrected chi connectivity index (χ1v) is 8.47. The lowest BCUT2D eigenvalue weighted by Gasteiger charge is -2.05. The minimum atomic E-state index is -0.182. The number of hydrogen-bond donors (Lipinski definition) is 0. The molecule has 0 aliphatic carbocycles. The van der Waals surface area contributed by atoms with Crippen LogP contribution in [0.15, 0.2) is 65.8 Å². The third kappa shape index (κ3) is 6.04. The summed E-state index contributed by atoms with van der Waals surface area (Å²) in [6.07, 6.45) is 6.58. The highest BCUT2D eigenvalue weighted by Gasteiger charge is 2.05. The minimum absolute atomic E-state index is 0.182. The van der Waals surface area contributed by atoms with Gasteiger partial charge >= 0.3 is 5.97 Å². The Kier molecular flexibility index (Phi) is 6.80. The second-order valence-corrected chi connectivity index (χ2v) is 6.41. The Hall–Kier alpha value is -2.35. The monoisotopic (exact) mass is 322 g/mol. The van der Waals surface area contributed by atoms with Gasteiger partial charge in [0.2, 0.25) is 0 Å². The van der Waals surface area contributed by atoms with E-state index in [-0.39, 0.29) is 5.97 Å². The molecule has 0 aliphatic rings. The van der Waals surface area contributed by atoms with E-state index >= 15 is 0 Å². The van der Waals surface area contributed by atoms with Crippen molar-refractivity contribution in [2.75, 3.05) is 6.61 Å². The van der Waals surface area contributed by atoms with Crippen molar-refractivity contribution in [3.8, 4) is 0 Å². The average molecular weight is 322 g/mol. The minimum Gasteiger partial charge on any atom is -0.461 e. The number of ether oxygens (including phenoxy) is 1. The topological polar surface area (TPSA) is 26.3 Å². The number of hydrogen-bond acceptors (Lipinski definition) is 2. The maximum Gasteiger partial charge on any atom is 0.310 e. The van der Waals surface area contributed by atoms with Crippen LogP contribution in [0, 0.1) is 0 Å². The fourth-order valence-electron chi connectivity index (χ4n) is 2.53. The lowest BCUT2D eigenvalue weighted by Crippen LogP contribution is -2.08. The summed E-state index contributed by atoms with van der Waals surface area (Å²) in [5.41, 5.74) is 3.58. The zero-order chi connectivity index (χ0) is 17.4. The Morgan fingerprint density at radius 1 is 1.00 bits per heavy atom. The second-order valence-electron chi connectivity index (χ2n) is 6.41. The number of rotatable bonds is 7. The van der Waals surface area contributed by atoms with Crippen molar-refractivity contribution < 1.29 is 9.53 Å². The summed E-state index contributed by atoms with van der Waals surface area (Å²) in [5, 5.41) is 2.34. The molecule has 0 N–H and O–H groups in total. The molecule has 0 saturated heterocycles. The van der Waals surface area contributed by atoms with Gasteiger partial charge in [0.25, 0.3) is 0 Å². The Morgan fingerprint density at radius 3 is 2.50 bits per heavy atom. The molecule has 2 rings (SSSR count). The van der Waals surface area contributed by atoms with Gasteiger partial charge in [-0.25, -0.2) is 0 Å². The second kappa shape index (κ2) is 9.07. The Labute approximate surface area is 144 Å². The molecule has 2 nitrogen and oxygen atoms in total. The predicted molar refractivity (Wildman–Crippen MR) is 101 cm³/mol. The Morgan fingerprint density at radius 2 is 1.75 bits per heavy atom. The van der Waals surface area contributed by atoms with Gasteiger partial charge in [0.15, 0.2) is 0 Å². The molecule has 2 aromatic rings. The van der Waals surface area contributed by atoms with Crippen molar-refractivity contribution in [3.63, 3.8) is 0 Å². The summed E-state index contributed by atoms with van der Waals surface area (Å²) >= 11 is 0. The fourth-order valence-corrected chi connectivity index (χ4v) is 2.53. The third-order valence-electron chi connectivity index (χ3n) is 3.93. The maximum absolute atomic E-state index is 12.0. The summed E-state index contributed by atoms with van der Waals surface area (Å²) < 4.78 is 5.33. The summed E-state index contributed by atoms with van der Waals surface area (Å²) in [5.74, 6) is -0.182. The molecule has 0 unspecified atom stereocenters. The molecule has 0 fully saturated rings. The molecule has 0 bridgehead atoms. The van der Waals surface area contributed by atoms with Gasteiger partial charge in [0.1, 0.15) is 6.61 Å². The first-order valence-electron chi connectivity index (χ1n) is 8.47. The van der Waals surface area contributed by atoms with E-state index in [4.69, 9.17) is 4.74 Å². The molecular formula is C22H26O2. The highest BCUT2D eigenvalue weighted by atomic mass is 16.5. The quantitative estimate of drug-likeness (QED) is 0.488. The first-order chi connectivity index (χ1) is 11.5. The van der Waals surface area contributed by atoms with Gasteiger partial charge in [-0.05, 0) is 56.0 Å². The molecule has 0 amide bonds. The van der Waals surface area contributed by atoms with E-state index in [1.54, 1.807) is 0 Å². The molecule has 0 aliphatic heterocycles. The molecular weight excluding hydrogens is 296 g/mol. The maximum atomic E-state index is 12.0. The van der Waals surface area contributed by atoms with Crippen LogP contribution in [0.25, 0.3) is 10.8 Å². The lowest BCUT2D eigenvalue weighted by atomic mass is 10.1. The van der Waals surface area contributed by atoms with Crippen LogP contribution in [-0.2, 0) is 16.0 Å².